The SMILES string of the molecule is CC(C)(C)NC(=O)N(CCN1CCOCC1)CC(=O)N1N=C(c2ccc(F)cc2)C[C@H]1c1ccccc1Cl. The van der Waals surface area contributed by atoms with Crippen LogP contribution in [0.3, 0.4) is 0 Å². The van der Waals surface area contributed by atoms with Crippen LogP contribution in [0.15, 0.2) is 53.6 Å². The van der Waals surface area contributed by atoms with Gasteiger partial charge in [-0.2, -0.15) is 5.10 Å². The molecular weight excluding hydrogens is 509 g/mol. The molecule has 0 unspecified atom stereocenters. The summed E-state index contributed by atoms with van der Waals surface area (Å²) in [6.07, 6.45) is 0.420. The Bertz CT molecular complexity index is 1160. The zero-order valence-electron chi connectivity index (χ0n) is 22.1. The second-order valence-corrected chi connectivity index (χ2v) is 11.0. The molecule has 0 bridgehead atoms. The highest BCUT2D eigenvalue weighted by Gasteiger charge is 2.35. The predicted molar refractivity (Wildman–Crippen MR) is 146 cm³/mol. The van der Waals surface area contributed by atoms with Gasteiger partial charge in [0.05, 0.1) is 25.0 Å². The zero-order valence-corrected chi connectivity index (χ0v) is 22.9. The third-order valence-electron chi connectivity index (χ3n) is 6.49. The maximum atomic E-state index is 13.8. The monoisotopic (exact) mass is 543 g/mol. The van der Waals surface area contributed by atoms with E-state index in [9.17, 15) is 14.0 Å². The number of hydrazone groups is 1. The summed E-state index contributed by atoms with van der Waals surface area (Å²) in [5.41, 5.74) is 1.69. The summed E-state index contributed by atoms with van der Waals surface area (Å²) in [7, 11) is 0. The summed E-state index contributed by atoms with van der Waals surface area (Å²) >= 11 is 6.52. The molecule has 1 N–H and O–H groups in total. The van der Waals surface area contributed by atoms with Gasteiger partial charge >= 0.3 is 6.03 Å². The van der Waals surface area contributed by atoms with Crippen LogP contribution in [-0.4, -0.2) is 83.9 Å². The minimum absolute atomic E-state index is 0.145. The van der Waals surface area contributed by atoms with Gasteiger partial charge in [0.1, 0.15) is 12.4 Å². The third kappa shape index (κ3) is 7.30. The lowest BCUT2D eigenvalue weighted by atomic mass is 9.98. The van der Waals surface area contributed by atoms with Gasteiger partial charge in [-0.15, -0.1) is 0 Å². The lowest BCUT2D eigenvalue weighted by Gasteiger charge is -2.33. The number of ether oxygens (including phenoxy) is 1. The Morgan fingerprint density at radius 3 is 2.47 bits per heavy atom. The standard InChI is InChI=1S/C28H35ClFN5O3/c1-28(2,3)31-27(37)34(13-12-33-14-16-38-17-15-33)19-26(36)35-25(22-6-4-5-7-23(22)29)18-24(32-35)20-8-10-21(30)11-9-20/h4-11,25H,12-19H2,1-3H3,(H,31,37)/t25-/m0/s1. The van der Waals surface area contributed by atoms with Gasteiger partial charge in [0.2, 0.25) is 0 Å². The normalized spacial score (nSPS) is 18.3. The molecular formula is C28H35ClFN5O3. The molecule has 0 aliphatic carbocycles. The van der Waals surface area contributed by atoms with Crippen LogP contribution >= 0.6 is 11.6 Å². The highest BCUT2D eigenvalue weighted by atomic mass is 35.5. The van der Waals surface area contributed by atoms with Crippen LogP contribution < -0.4 is 5.32 Å². The quantitative estimate of drug-likeness (QED) is 0.565. The summed E-state index contributed by atoms with van der Waals surface area (Å²) in [5.74, 6) is -0.665. The first kappa shape index (κ1) is 28.0. The molecule has 4 rings (SSSR count). The maximum Gasteiger partial charge on any atom is 0.318 e. The van der Waals surface area contributed by atoms with E-state index < -0.39 is 11.6 Å². The molecule has 0 saturated carbocycles. The van der Waals surface area contributed by atoms with Gasteiger partial charge in [-0.05, 0) is 50.1 Å². The minimum atomic E-state index is -0.459. The fourth-order valence-electron chi connectivity index (χ4n) is 4.52. The Kier molecular flexibility index (Phi) is 9.02. The molecule has 0 radical (unpaired) electrons. The number of hydrogen-bond donors (Lipinski definition) is 1. The van der Waals surface area contributed by atoms with Gasteiger partial charge in [0, 0.05) is 43.2 Å². The van der Waals surface area contributed by atoms with Gasteiger partial charge < -0.3 is 15.0 Å². The number of amides is 3. The number of benzene rings is 2. The summed E-state index contributed by atoms with van der Waals surface area (Å²) in [6.45, 7) is 9.46. The number of carbonyl (C=O) groups excluding carboxylic acids is 2. The molecule has 8 nitrogen and oxygen atoms in total. The second kappa shape index (κ2) is 12.2. The van der Waals surface area contributed by atoms with Crippen LogP contribution in [0.25, 0.3) is 0 Å². The number of carbonyl (C=O) groups is 2. The third-order valence-corrected chi connectivity index (χ3v) is 6.84. The van der Waals surface area contributed by atoms with Gasteiger partial charge in [-0.3, -0.25) is 9.69 Å². The van der Waals surface area contributed by atoms with Crippen molar-refractivity contribution in [1.29, 1.82) is 0 Å². The summed E-state index contributed by atoms with van der Waals surface area (Å²) in [4.78, 5) is 30.7. The summed E-state index contributed by atoms with van der Waals surface area (Å²) in [5, 5.41) is 9.58. The Labute approximate surface area is 228 Å². The fourth-order valence-corrected chi connectivity index (χ4v) is 4.78. The first-order chi connectivity index (χ1) is 18.1. The van der Waals surface area contributed by atoms with Crippen molar-refractivity contribution in [3.63, 3.8) is 0 Å². The number of urea groups is 1. The van der Waals surface area contributed by atoms with Crippen molar-refractivity contribution < 1.29 is 18.7 Å². The van der Waals surface area contributed by atoms with Crippen molar-refractivity contribution in [3.8, 4) is 0 Å². The van der Waals surface area contributed by atoms with E-state index in [1.54, 1.807) is 18.2 Å². The predicted octanol–water partition coefficient (Wildman–Crippen LogP) is 4.30. The van der Waals surface area contributed by atoms with Crippen molar-refractivity contribution in [2.75, 3.05) is 45.9 Å². The summed E-state index contributed by atoms with van der Waals surface area (Å²) in [6, 6.07) is 12.6. The van der Waals surface area contributed by atoms with Crippen molar-refractivity contribution in [1.82, 2.24) is 20.1 Å². The van der Waals surface area contributed by atoms with Gasteiger partial charge in [0.15, 0.2) is 0 Å². The van der Waals surface area contributed by atoms with Crippen molar-refractivity contribution in [2.24, 2.45) is 5.10 Å². The second-order valence-electron chi connectivity index (χ2n) is 10.6. The van der Waals surface area contributed by atoms with Gasteiger partial charge in [-0.25, -0.2) is 14.2 Å². The highest BCUT2D eigenvalue weighted by Crippen LogP contribution is 2.36. The lowest BCUT2D eigenvalue weighted by Crippen LogP contribution is -2.53. The molecule has 10 heteroatoms. The van der Waals surface area contributed by atoms with E-state index in [-0.39, 0.29) is 24.3 Å². The molecule has 2 aromatic carbocycles. The lowest BCUT2D eigenvalue weighted by molar-refractivity contribution is -0.133. The summed E-state index contributed by atoms with van der Waals surface area (Å²) < 4.78 is 19.0. The Morgan fingerprint density at radius 1 is 1.13 bits per heavy atom. The molecule has 2 heterocycles. The molecule has 204 valence electrons. The number of halogens is 2. The van der Waals surface area contributed by atoms with E-state index in [1.165, 1.54) is 22.0 Å². The first-order valence-electron chi connectivity index (χ1n) is 12.9. The Balaban J connectivity index is 1.58. The van der Waals surface area contributed by atoms with Crippen LogP contribution in [-0.2, 0) is 9.53 Å². The molecule has 2 aliphatic heterocycles. The fraction of sp³-hybridized carbons (Fsp3) is 0.464. The molecule has 0 aromatic heterocycles. The van der Waals surface area contributed by atoms with Crippen LogP contribution in [0.4, 0.5) is 9.18 Å². The van der Waals surface area contributed by atoms with Crippen molar-refractivity contribution in [3.05, 3.63) is 70.5 Å². The van der Waals surface area contributed by atoms with Gasteiger partial charge in [0.25, 0.3) is 5.91 Å². The van der Waals surface area contributed by atoms with Crippen LogP contribution in [0.2, 0.25) is 5.02 Å². The molecule has 1 fully saturated rings. The molecule has 2 aromatic rings. The number of morpholine rings is 1. The highest BCUT2D eigenvalue weighted by molar-refractivity contribution is 6.31. The van der Waals surface area contributed by atoms with E-state index in [1.807, 2.05) is 39.0 Å². The topological polar surface area (TPSA) is 77.5 Å². The zero-order chi connectivity index (χ0) is 27.3. The van der Waals surface area contributed by atoms with Crippen LogP contribution in [0.1, 0.15) is 44.4 Å². The molecule has 38 heavy (non-hydrogen) atoms. The Hall–Kier alpha value is -3.01. The number of nitrogens with one attached hydrogen (secondary N) is 1. The van der Waals surface area contributed by atoms with Crippen molar-refractivity contribution in [2.45, 2.75) is 38.8 Å². The largest absolute Gasteiger partial charge is 0.379 e. The van der Waals surface area contributed by atoms with E-state index in [4.69, 9.17) is 16.3 Å². The maximum absolute atomic E-state index is 13.8. The van der Waals surface area contributed by atoms with Crippen LogP contribution in [0.5, 0.6) is 0 Å². The number of hydrogen-bond acceptors (Lipinski definition) is 5. The average Bonchev–Trinajstić information content (AvgIpc) is 3.32. The van der Waals surface area contributed by atoms with Gasteiger partial charge in [-0.1, -0.05) is 41.9 Å². The van der Waals surface area contributed by atoms with E-state index in [2.05, 4.69) is 15.3 Å². The average molecular weight is 544 g/mol. The molecule has 3 amide bonds. The van der Waals surface area contributed by atoms with Crippen LogP contribution in [0, 0.1) is 5.82 Å². The molecule has 1 atom stereocenters. The minimum Gasteiger partial charge on any atom is -0.379 e. The van der Waals surface area contributed by atoms with E-state index >= 15 is 0 Å². The number of nitrogens with zero attached hydrogens (tertiary/aromatic N) is 4. The van der Waals surface area contributed by atoms with Crippen molar-refractivity contribution >= 4 is 29.3 Å². The van der Waals surface area contributed by atoms with E-state index in [0.717, 1.165) is 24.2 Å². The molecule has 2 aliphatic rings. The Morgan fingerprint density at radius 2 is 1.82 bits per heavy atom. The number of rotatable bonds is 7. The smallest absolute Gasteiger partial charge is 0.318 e. The van der Waals surface area contributed by atoms with E-state index in [0.29, 0.717) is 43.5 Å². The molecule has 1 saturated heterocycles. The molecule has 0 spiro atoms. The first-order valence-corrected chi connectivity index (χ1v) is 13.3.